The third-order valence-electron chi connectivity index (χ3n) is 5.11. The number of aromatic nitrogens is 3. The van der Waals surface area contributed by atoms with Crippen LogP contribution < -0.4 is 10.9 Å². The van der Waals surface area contributed by atoms with Crippen molar-refractivity contribution in [1.82, 2.24) is 19.4 Å². The smallest absolute Gasteiger partial charge is 0.261 e. The molecule has 8 heteroatoms. The normalized spacial score (nSPS) is 15.8. The summed E-state index contributed by atoms with van der Waals surface area (Å²) in [5, 5.41) is 5.84. The number of carbonyl (C=O) groups excluding carboxylic acids is 1. The highest BCUT2D eigenvalue weighted by atomic mass is 32.1. The Bertz CT molecular complexity index is 1040. The lowest BCUT2D eigenvalue weighted by Gasteiger charge is -2.29. The third kappa shape index (κ3) is 4.28. The standard InChI is InChI=1S/C20H23N5O2S/c1-14-6-8-24(9-7-14)10-15-12-28-20(22-15)23-18(26)11-25-13-21-17-5-3-2-4-16(17)19(25)27/h2-5,12-14H,6-11H2,1H3,(H,22,23,26). The number of hydrogen-bond acceptors (Lipinski definition) is 6. The molecule has 2 aromatic heterocycles. The molecule has 0 spiro atoms. The van der Waals surface area contributed by atoms with E-state index in [2.05, 4.69) is 27.1 Å². The molecule has 3 heterocycles. The lowest BCUT2D eigenvalue weighted by atomic mass is 9.99. The molecule has 1 amide bonds. The van der Waals surface area contributed by atoms with Gasteiger partial charge in [0.2, 0.25) is 5.91 Å². The molecule has 1 fully saturated rings. The molecule has 0 atom stereocenters. The van der Waals surface area contributed by atoms with E-state index in [1.165, 1.54) is 35.1 Å². The van der Waals surface area contributed by atoms with Crippen molar-refractivity contribution in [2.75, 3.05) is 18.4 Å². The van der Waals surface area contributed by atoms with Crippen LogP contribution in [0.5, 0.6) is 0 Å². The van der Waals surface area contributed by atoms with Gasteiger partial charge >= 0.3 is 0 Å². The molecule has 1 aliphatic heterocycles. The van der Waals surface area contributed by atoms with Crippen molar-refractivity contribution in [2.24, 2.45) is 5.92 Å². The fourth-order valence-corrected chi connectivity index (χ4v) is 4.14. The van der Waals surface area contributed by atoms with Gasteiger partial charge in [-0.1, -0.05) is 19.1 Å². The first-order valence-corrected chi connectivity index (χ1v) is 10.4. The second-order valence-corrected chi connectivity index (χ2v) is 8.20. The molecule has 1 aromatic carbocycles. The number of hydrogen-bond donors (Lipinski definition) is 1. The summed E-state index contributed by atoms with van der Waals surface area (Å²) in [6.45, 7) is 5.21. The van der Waals surface area contributed by atoms with Gasteiger partial charge in [0, 0.05) is 11.9 Å². The monoisotopic (exact) mass is 397 g/mol. The van der Waals surface area contributed by atoms with Gasteiger partial charge in [-0.05, 0) is 44.0 Å². The Hall–Kier alpha value is -2.58. The summed E-state index contributed by atoms with van der Waals surface area (Å²) in [6.07, 6.45) is 3.86. The van der Waals surface area contributed by atoms with E-state index in [0.29, 0.717) is 16.0 Å². The van der Waals surface area contributed by atoms with E-state index in [1.807, 2.05) is 11.4 Å². The summed E-state index contributed by atoms with van der Waals surface area (Å²) in [4.78, 5) is 36.0. The molecule has 146 valence electrons. The minimum absolute atomic E-state index is 0.0877. The summed E-state index contributed by atoms with van der Waals surface area (Å²) >= 11 is 1.41. The number of thiazole rings is 1. The Balaban J connectivity index is 1.37. The lowest BCUT2D eigenvalue weighted by Crippen LogP contribution is -2.32. The molecule has 7 nitrogen and oxygen atoms in total. The molecule has 0 aliphatic carbocycles. The number of anilines is 1. The minimum atomic E-state index is -0.285. The summed E-state index contributed by atoms with van der Waals surface area (Å²) < 4.78 is 1.32. The highest BCUT2D eigenvalue weighted by Gasteiger charge is 2.17. The van der Waals surface area contributed by atoms with Gasteiger partial charge < -0.3 is 5.32 Å². The van der Waals surface area contributed by atoms with E-state index < -0.39 is 0 Å². The van der Waals surface area contributed by atoms with Crippen LogP contribution in [0.2, 0.25) is 0 Å². The Morgan fingerprint density at radius 3 is 2.89 bits per heavy atom. The maximum atomic E-state index is 12.5. The highest BCUT2D eigenvalue weighted by molar-refractivity contribution is 7.13. The van der Waals surface area contributed by atoms with Crippen LogP contribution in [0.15, 0.2) is 40.8 Å². The Kier molecular flexibility index (Phi) is 5.50. The fraction of sp³-hybridized carbons (Fsp3) is 0.400. The number of benzene rings is 1. The summed E-state index contributed by atoms with van der Waals surface area (Å²) in [5.41, 5.74) is 1.38. The lowest BCUT2D eigenvalue weighted by molar-refractivity contribution is -0.116. The van der Waals surface area contributed by atoms with Crippen molar-refractivity contribution < 1.29 is 4.79 Å². The number of likely N-dealkylation sites (tertiary alicyclic amines) is 1. The number of rotatable bonds is 5. The second-order valence-electron chi connectivity index (χ2n) is 7.35. The first-order valence-electron chi connectivity index (χ1n) is 9.49. The fourth-order valence-electron chi connectivity index (χ4n) is 3.42. The number of para-hydroxylation sites is 1. The highest BCUT2D eigenvalue weighted by Crippen LogP contribution is 2.21. The van der Waals surface area contributed by atoms with Crippen molar-refractivity contribution in [2.45, 2.75) is 32.9 Å². The van der Waals surface area contributed by atoms with Crippen molar-refractivity contribution in [3.8, 4) is 0 Å². The second kappa shape index (κ2) is 8.20. The maximum absolute atomic E-state index is 12.5. The molecule has 3 aromatic rings. The SMILES string of the molecule is CC1CCN(Cc2csc(NC(=O)Cn3cnc4ccccc4c3=O)n2)CC1. The number of carbonyl (C=O) groups is 1. The van der Waals surface area contributed by atoms with Gasteiger partial charge in [0.05, 0.1) is 22.9 Å². The van der Waals surface area contributed by atoms with E-state index >= 15 is 0 Å². The predicted octanol–water partition coefficient (Wildman–Crippen LogP) is 2.72. The summed E-state index contributed by atoms with van der Waals surface area (Å²) in [6, 6.07) is 7.11. The zero-order valence-corrected chi connectivity index (χ0v) is 16.6. The first-order chi connectivity index (χ1) is 13.6. The number of amides is 1. The summed E-state index contributed by atoms with van der Waals surface area (Å²) in [5.74, 6) is 0.515. The Morgan fingerprint density at radius 2 is 2.07 bits per heavy atom. The minimum Gasteiger partial charge on any atom is -0.300 e. The zero-order chi connectivity index (χ0) is 19.5. The van der Waals surface area contributed by atoms with Crippen LogP contribution >= 0.6 is 11.3 Å². The van der Waals surface area contributed by atoms with Crippen molar-refractivity contribution in [1.29, 1.82) is 0 Å². The topological polar surface area (TPSA) is 80.1 Å². The van der Waals surface area contributed by atoms with E-state index in [-0.39, 0.29) is 18.0 Å². The van der Waals surface area contributed by atoms with E-state index in [9.17, 15) is 9.59 Å². The van der Waals surface area contributed by atoms with Crippen molar-refractivity contribution >= 4 is 33.3 Å². The molecule has 28 heavy (non-hydrogen) atoms. The predicted molar refractivity (Wildman–Crippen MR) is 110 cm³/mol. The van der Waals surface area contributed by atoms with Crippen LogP contribution in [-0.4, -0.2) is 38.4 Å². The molecule has 0 radical (unpaired) electrons. The molecule has 1 aliphatic rings. The van der Waals surface area contributed by atoms with Crippen LogP contribution in [-0.2, 0) is 17.9 Å². The average Bonchev–Trinajstić information content (AvgIpc) is 3.13. The number of fused-ring (bicyclic) bond motifs is 1. The summed E-state index contributed by atoms with van der Waals surface area (Å²) in [7, 11) is 0. The van der Waals surface area contributed by atoms with Crippen LogP contribution in [0.3, 0.4) is 0 Å². The van der Waals surface area contributed by atoms with E-state index in [1.54, 1.807) is 18.2 Å². The molecule has 0 saturated carbocycles. The van der Waals surface area contributed by atoms with Gasteiger partial charge in [0.15, 0.2) is 5.13 Å². The van der Waals surface area contributed by atoms with E-state index in [4.69, 9.17) is 0 Å². The first kappa shape index (κ1) is 18.8. The molecular weight excluding hydrogens is 374 g/mol. The van der Waals surface area contributed by atoms with Crippen LogP contribution in [0.1, 0.15) is 25.5 Å². The number of piperidine rings is 1. The molecule has 1 N–H and O–H groups in total. The van der Waals surface area contributed by atoms with Gasteiger partial charge in [0.25, 0.3) is 5.56 Å². The van der Waals surface area contributed by atoms with E-state index in [0.717, 1.165) is 31.2 Å². The average molecular weight is 398 g/mol. The van der Waals surface area contributed by atoms with Gasteiger partial charge in [-0.15, -0.1) is 11.3 Å². The van der Waals surface area contributed by atoms with Gasteiger partial charge in [-0.25, -0.2) is 9.97 Å². The van der Waals surface area contributed by atoms with Crippen LogP contribution in [0, 0.1) is 5.92 Å². The van der Waals surface area contributed by atoms with Crippen LogP contribution in [0.25, 0.3) is 10.9 Å². The van der Waals surface area contributed by atoms with Gasteiger partial charge in [-0.3, -0.25) is 19.1 Å². The van der Waals surface area contributed by atoms with Crippen molar-refractivity contribution in [3.05, 3.63) is 52.0 Å². The number of nitrogens with one attached hydrogen (secondary N) is 1. The molecule has 4 rings (SSSR count). The largest absolute Gasteiger partial charge is 0.300 e. The maximum Gasteiger partial charge on any atom is 0.261 e. The molecule has 0 bridgehead atoms. The van der Waals surface area contributed by atoms with Gasteiger partial charge in [-0.2, -0.15) is 0 Å². The van der Waals surface area contributed by atoms with Crippen molar-refractivity contribution in [3.63, 3.8) is 0 Å². The van der Waals surface area contributed by atoms with Gasteiger partial charge in [0.1, 0.15) is 6.54 Å². The Labute approximate surface area is 167 Å². The zero-order valence-electron chi connectivity index (χ0n) is 15.8. The van der Waals surface area contributed by atoms with Crippen LogP contribution in [0.4, 0.5) is 5.13 Å². The molecular formula is C20H23N5O2S. The number of nitrogens with zero attached hydrogens (tertiary/aromatic N) is 4. The quantitative estimate of drug-likeness (QED) is 0.716. The Morgan fingerprint density at radius 1 is 1.29 bits per heavy atom. The molecule has 1 saturated heterocycles. The third-order valence-corrected chi connectivity index (χ3v) is 5.91. The molecule has 0 unspecified atom stereocenters.